The molecule has 0 radical (unpaired) electrons. The lowest BCUT2D eigenvalue weighted by molar-refractivity contribution is -0.134. The van der Waals surface area contributed by atoms with Crippen LogP contribution in [-0.4, -0.2) is 28.1 Å². The van der Waals surface area contributed by atoms with Crippen molar-refractivity contribution in [2.24, 2.45) is 0 Å². The molecule has 1 rings (SSSR count). The van der Waals surface area contributed by atoms with Crippen LogP contribution in [-0.2, 0) is 14.0 Å². The predicted molar refractivity (Wildman–Crippen MR) is 48.5 cm³/mol. The van der Waals surface area contributed by atoms with Gasteiger partial charge in [-0.05, 0) is 19.3 Å². The van der Waals surface area contributed by atoms with Gasteiger partial charge < -0.3 is 9.16 Å². The van der Waals surface area contributed by atoms with Gasteiger partial charge in [0.1, 0.15) is 0 Å². The van der Waals surface area contributed by atoms with Crippen molar-refractivity contribution < 1.29 is 14.0 Å². The molecule has 1 heterocycles. The zero-order chi connectivity index (χ0) is 8.81. The van der Waals surface area contributed by atoms with E-state index in [4.69, 9.17) is 9.16 Å². The van der Waals surface area contributed by atoms with E-state index in [1.165, 1.54) is 6.42 Å². The fourth-order valence-electron chi connectivity index (χ4n) is 1.23. The SMILES string of the molecule is CCC(=O)O[SiH2]C1CCCCO1. The molecule has 0 spiro atoms. The van der Waals surface area contributed by atoms with Gasteiger partial charge in [-0.2, -0.15) is 0 Å². The molecular weight excluding hydrogens is 172 g/mol. The minimum Gasteiger partial charge on any atom is -0.522 e. The van der Waals surface area contributed by atoms with E-state index in [1.807, 2.05) is 6.92 Å². The van der Waals surface area contributed by atoms with Crippen molar-refractivity contribution >= 4 is 15.7 Å². The summed E-state index contributed by atoms with van der Waals surface area (Å²) in [6.45, 7) is 2.67. The first-order chi connectivity index (χ1) is 5.83. The zero-order valence-corrected chi connectivity index (χ0v) is 8.96. The number of rotatable bonds is 3. The third-order valence-electron chi connectivity index (χ3n) is 1.99. The second-order valence-electron chi connectivity index (χ2n) is 3.03. The molecule has 0 N–H and O–H groups in total. The third-order valence-corrected chi connectivity index (χ3v) is 3.50. The highest BCUT2D eigenvalue weighted by Crippen LogP contribution is 2.11. The van der Waals surface area contributed by atoms with Crippen molar-refractivity contribution in [2.75, 3.05) is 6.61 Å². The summed E-state index contributed by atoms with van der Waals surface area (Å²) in [6.07, 6.45) is 3.96. The summed E-state index contributed by atoms with van der Waals surface area (Å²) in [5, 5.41) is 0. The van der Waals surface area contributed by atoms with Gasteiger partial charge in [-0.1, -0.05) is 6.92 Å². The van der Waals surface area contributed by atoms with Gasteiger partial charge in [-0.15, -0.1) is 0 Å². The fourth-order valence-corrected chi connectivity index (χ4v) is 2.52. The minimum absolute atomic E-state index is 0.0733. The monoisotopic (exact) mass is 188 g/mol. The Labute approximate surface area is 75.4 Å². The molecule has 0 aromatic rings. The second kappa shape index (κ2) is 5.32. The molecule has 0 saturated carbocycles. The van der Waals surface area contributed by atoms with Crippen LogP contribution in [0.4, 0.5) is 0 Å². The number of ether oxygens (including phenoxy) is 1. The lowest BCUT2D eigenvalue weighted by Gasteiger charge is -2.21. The molecule has 0 bridgehead atoms. The van der Waals surface area contributed by atoms with Gasteiger partial charge >= 0.3 is 0 Å². The highest BCUT2D eigenvalue weighted by molar-refractivity contribution is 6.32. The zero-order valence-electron chi connectivity index (χ0n) is 7.54. The summed E-state index contributed by atoms with van der Waals surface area (Å²) in [5.41, 5.74) is 0.286. The van der Waals surface area contributed by atoms with Crippen molar-refractivity contribution in [3.8, 4) is 0 Å². The molecule has 12 heavy (non-hydrogen) atoms. The molecule has 0 aromatic carbocycles. The predicted octanol–water partition coefficient (Wildman–Crippen LogP) is 0.550. The van der Waals surface area contributed by atoms with Gasteiger partial charge in [-0.25, -0.2) is 0 Å². The molecular formula is C8H16O3Si. The summed E-state index contributed by atoms with van der Waals surface area (Å²) in [5.74, 6) is -0.0733. The smallest absolute Gasteiger partial charge is 0.291 e. The van der Waals surface area contributed by atoms with Crippen LogP contribution >= 0.6 is 0 Å². The van der Waals surface area contributed by atoms with E-state index < -0.39 is 9.76 Å². The summed E-state index contributed by atoms with van der Waals surface area (Å²) in [4.78, 5) is 10.8. The first-order valence-electron chi connectivity index (χ1n) is 4.60. The average Bonchev–Trinajstić information content (AvgIpc) is 2.16. The molecule has 3 nitrogen and oxygen atoms in total. The van der Waals surface area contributed by atoms with Crippen molar-refractivity contribution in [1.82, 2.24) is 0 Å². The van der Waals surface area contributed by atoms with Crippen molar-refractivity contribution in [3.63, 3.8) is 0 Å². The van der Waals surface area contributed by atoms with E-state index >= 15 is 0 Å². The maximum Gasteiger partial charge on any atom is 0.291 e. The number of carbonyl (C=O) groups excluding carboxylic acids is 1. The summed E-state index contributed by atoms with van der Waals surface area (Å²) in [7, 11) is -0.765. The lowest BCUT2D eigenvalue weighted by atomic mass is 10.2. The average molecular weight is 188 g/mol. The van der Waals surface area contributed by atoms with Gasteiger partial charge in [0.15, 0.2) is 0 Å². The van der Waals surface area contributed by atoms with Crippen LogP contribution in [0.15, 0.2) is 0 Å². The van der Waals surface area contributed by atoms with E-state index in [1.54, 1.807) is 0 Å². The van der Waals surface area contributed by atoms with E-state index in [0.717, 1.165) is 19.4 Å². The van der Waals surface area contributed by atoms with Gasteiger partial charge in [0.05, 0.1) is 5.73 Å². The van der Waals surface area contributed by atoms with E-state index in [-0.39, 0.29) is 11.7 Å². The van der Waals surface area contributed by atoms with Crippen LogP contribution in [0.5, 0.6) is 0 Å². The Bertz CT molecular complexity index is 143. The largest absolute Gasteiger partial charge is 0.522 e. The van der Waals surface area contributed by atoms with Crippen LogP contribution < -0.4 is 0 Å². The Morgan fingerprint density at radius 3 is 3.08 bits per heavy atom. The maximum absolute atomic E-state index is 10.8. The molecule has 0 aliphatic carbocycles. The quantitative estimate of drug-likeness (QED) is 0.607. The number of hydrogen-bond donors (Lipinski definition) is 0. The summed E-state index contributed by atoms with van der Waals surface area (Å²) >= 11 is 0. The Kier molecular flexibility index (Phi) is 4.32. The molecule has 70 valence electrons. The molecule has 1 atom stereocenters. The normalized spacial score (nSPS) is 24.6. The van der Waals surface area contributed by atoms with Gasteiger partial charge in [-0.3, -0.25) is 4.79 Å². The van der Waals surface area contributed by atoms with Crippen molar-refractivity contribution in [1.29, 1.82) is 0 Å². The third kappa shape index (κ3) is 3.36. The fraction of sp³-hybridized carbons (Fsp3) is 0.875. The Morgan fingerprint density at radius 2 is 2.50 bits per heavy atom. The molecule has 4 heteroatoms. The van der Waals surface area contributed by atoms with Crippen LogP contribution in [0.1, 0.15) is 32.6 Å². The lowest BCUT2D eigenvalue weighted by Crippen LogP contribution is -2.28. The van der Waals surface area contributed by atoms with Crippen LogP contribution in [0.3, 0.4) is 0 Å². The van der Waals surface area contributed by atoms with Gasteiger partial charge in [0.25, 0.3) is 15.7 Å². The van der Waals surface area contributed by atoms with Crippen molar-refractivity contribution in [2.45, 2.75) is 38.3 Å². The Balaban J connectivity index is 2.09. The topological polar surface area (TPSA) is 35.5 Å². The molecule has 0 aromatic heterocycles. The first kappa shape index (κ1) is 9.73. The maximum atomic E-state index is 10.8. The summed E-state index contributed by atoms with van der Waals surface area (Å²) in [6, 6.07) is 0. The van der Waals surface area contributed by atoms with Gasteiger partial charge in [0.2, 0.25) is 0 Å². The molecule has 0 amide bonds. The minimum atomic E-state index is -0.765. The molecule has 1 unspecified atom stereocenters. The number of hydrogen-bond acceptors (Lipinski definition) is 3. The molecule has 1 aliphatic rings. The van der Waals surface area contributed by atoms with E-state index in [9.17, 15) is 4.79 Å². The standard InChI is InChI=1S/C8H16O3Si/c1-2-7(9)11-12-8-5-3-4-6-10-8/h8H,2-6,12H2,1H3. The molecule has 1 aliphatic heterocycles. The Hall–Kier alpha value is -0.353. The van der Waals surface area contributed by atoms with Crippen LogP contribution in [0.25, 0.3) is 0 Å². The second-order valence-corrected chi connectivity index (χ2v) is 4.56. The Morgan fingerprint density at radius 1 is 1.67 bits per heavy atom. The van der Waals surface area contributed by atoms with Crippen LogP contribution in [0, 0.1) is 0 Å². The highest BCUT2D eigenvalue weighted by Gasteiger charge is 2.16. The van der Waals surface area contributed by atoms with E-state index in [0.29, 0.717) is 6.42 Å². The first-order valence-corrected chi connectivity index (χ1v) is 5.99. The number of carbonyl (C=O) groups is 1. The molecule has 1 fully saturated rings. The van der Waals surface area contributed by atoms with Crippen molar-refractivity contribution in [3.05, 3.63) is 0 Å². The van der Waals surface area contributed by atoms with E-state index in [2.05, 4.69) is 0 Å². The van der Waals surface area contributed by atoms with Gasteiger partial charge in [0, 0.05) is 13.0 Å². The molecule has 1 saturated heterocycles. The summed E-state index contributed by atoms with van der Waals surface area (Å²) < 4.78 is 10.6. The van der Waals surface area contributed by atoms with Crippen LogP contribution in [0.2, 0.25) is 0 Å². The highest BCUT2D eigenvalue weighted by atomic mass is 28.2.